The van der Waals surface area contributed by atoms with Crippen molar-refractivity contribution >= 4 is 0 Å². The number of hydrogen-bond donors (Lipinski definition) is 2. The zero-order chi connectivity index (χ0) is 13.0. The molecular formula is C16H25NO. The van der Waals surface area contributed by atoms with Crippen LogP contribution in [0.25, 0.3) is 0 Å². The van der Waals surface area contributed by atoms with E-state index >= 15 is 0 Å². The third kappa shape index (κ3) is 3.56. The summed E-state index contributed by atoms with van der Waals surface area (Å²) < 4.78 is 0. The lowest BCUT2D eigenvalue weighted by Gasteiger charge is -2.31. The standard InChI is InChI=1S/C16H25NO/c1-3-13-8-9-17-15(10-13)11-16(18)14-6-4-12(2)5-7-14/h4-7,13,15-18H,3,8-11H2,1-2H3. The molecular weight excluding hydrogens is 222 g/mol. The predicted molar refractivity (Wildman–Crippen MR) is 75.6 cm³/mol. The van der Waals surface area contributed by atoms with Crippen LogP contribution in [0.5, 0.6) is 0 Å². The van der Waals surface area contributed by atoms with Crippen LogP contribution in [0.15, 0.2) is 24.3 Å². The van der Waals surface area contributed by atoms with Gasteiger partial charge in [0.25, 0.3) is 0 Å². The molecule has 3 unspecified atom stereocenters. The van der Waals surface area contributed by atoms with Crippen molar-refractivity contribution in [3.63, 3.8) is 0 Å². The van der Waals surface area contributed by atoms with Crippen molar-refractivity contribution in [3.05, 3.63) is 35.4 Å². The average Bonchev–Trinajstić information content (AvgIpc) is 2.39. The number of piperidine rings is 1. The molecule has 0 aromatic heterocycles. The average molecular weight is 247 g/mol. The Morgan fingerprint density at radius 3 is 2.72 bits per heavy atom. The van der Waals surface area contributed by atoms with E-state index in [1.807, 2.05) is 12.1 Å². The molecule has 1 aromatic rings. The third-order valence-electron chi connectivity index (χ3n) is 4.15. The molecule has 3 atom stereocenters. The molecule has 100 valence electrons. The molecule has 1 aliphatic rings. The molecule has 0 saturated carbocycles. The number of aliphatic hydroxyl groups is 1. The zero-order valence-corrected chi connectivity index (χ0v) is 11.5. The number of rotatable bonds is 4. The van der Waals surface area contributed by atoms with Gasteiger partial charge < -0.3 is 10.4 Å². The Bertz CT molecular complexity index is 360. The maximum absolute atomic E-state index is 10.3. The van der Waals surface area contributed by atoms with Crippen LogP contribution < -0.4 is 5.32 Å². The molecule has 0 aliphatic carbocycles. The fraction of sp³-hybridized carbons (Fsp3) is 0.625. The molecule has 18 heavy (non-hydrogen) atoms. The first kappa shape index (κ1) is 13.6. The Morgan fingerprint density at radius 2 is 2.06 bits per heavy atom. The minimum absolute atomic E-state index is 0.335. The van der Waals surface area contributed by atoms with Crippen molar-refractivity contribution < 1.29 is 5.11 Å². The first-order valence-corrected chi connectivity index (χ1v) is 7.17. The van der Waals surface area contributed by atoms with Crippen molar-refractivity contribution in [1.82, 2.24) is 5.32 Å². The predicted octanol–water partition coefficient (Wildman–Crippen LogP) is 3.20. The highest BCUT2D eigenvalue weighted by Crippen LogP contribution is 2.26. The Labute approximate surface area is 110 Å². The van der Waals surface area contributed by atoms with Gasteiger partial charge in [-0.3, -0.25) is 0 Å². The topological polar surface area (TPSA) is 32.3 Å². The van der Waals surface area contributed by atoms with Crippen LogP contribution in [0, 0.1) is 12.8 Å². The van der Waals surface area contributed by atoms with E-state index in [2.05, 4.69) is 31.3 Å². The summed E-state index contributed by atoms with van der Waals surface area (Å²) in [5, 5.41) is 13.8. The molecule has 0 amide bonds. The van der Waals surface area contributed by atoms with E-state index in [0.717, 1.165) is 24.4 Å². The lowest BCUT2D eigenvalue weighted by molar-refractivity contribution is 0.136. The second-order valence-corrected chi connectivity index (χ2v) is 5.61. The quantitative estimate of drug-likeness (QED) is 0.856. The van der Waals surface area contributed by atoms with Crippen molar-refractivity contribution in [1.29, 1.82) is 0 Å². The van der Waals surface area contributed by atoms with E-state index < -0.39 is 0 Å². The molecule has 1 saturated heterocycles. The monoisotopic (exact) mass is 247 g/mol. The molecule has 2 heteroatoms. The maximum Gasteiger partial charge on any atom is 0.0804 e. The second kappa shape index (κ2) is 6.35. The normalized spacial score (nSPS) is 25.9. The van der Waals surface area contributed by atoms with E-state index in [1.54, 1.807) is 0 Å². The van der Waals surface area contributed by atoms with Crippen LogP contribution in [0.4, 0.5) is 0 Å². The molecule has 0 radical (unpaired) electrons. The smallest absolute Gasteiger partial charge is 0.0804 e. The SMILES string of the molecule is CCC1CCNC(CC(O)c2ccc(C)cc2)C1. The summed E-state index contributed by atoms with van der Waals surface area (Å²) in [5.74, 6) is 0.835. The van der Waals surface area contributed by atoms with Gasteiger partial charge in [0.05, 0.1) is 6.10 Å². The zero-order valence-electron chi connectivity index (χ0n) is 11.5. The number of aliphatic hydroxyl groups excluding tert-OH is 1. The Balaban J connectivity index is 1.90. The van der Waals surface area contributed by atoms with Gasteiger partial charge in [0.1, 0.15) is 0 Å². The van der Waals surface area contributed by atoms with Gasteiger partial charge in [-0.05, 0) is 44.2 Å². The first-order chi connectivity index (χ1) is 8.69. The minimum atomic E-state index is -0.335. The van der Waals surface area contributed by atoms with E-state index in [9.17, 15) is 5.11 Å². The molecule has 1 heterocycles. The van der Waals surface area contributed by atoms with Crippen LogP contribution >= 0.6 is 0 Å². The van der Waals surface area contributed by atoms with E-state index in [-0.39, 0.29) is 6.10 Å². The molecule has 1 aromatic carbocycles. The van der Waals surface area contributed by atoms with Gasteiger partial charge in [0.15, 0.2) is 0 Å². The summed E-state index contributed by atoms with van der Waals surface area (Å²) in [7, 11) is 0. The van der Waals surface area contributed by atoms with Crippen molar-refractivity contribution in [2.45, 2.75) is 51.7 Å². The number of benzene rings is 1. The summed E-state index contributed by atoms with van der Waals surface area (Å²) in [5.41, 5.74) is 2.29. The van der Waals surface area contributed by atoms with Gasteiger partial charge in [-0.1, -0.05) is 43.2 Å². The molecule has 1 aliphatic heterocycles. The Morgan fingerprint density at radius 1 is 1.33 bits per heavy atom. The third-order valence-corrected chi connectivity index (χ3v) is 4.15. The van der Waals surface area contributed by atoms with E-state index in [0.29, 0.717) is 6.04 Å². The van der Waals surface area contributed by atoms with Crippen molar-refractivity contribution in [2.24, 2.45) is 5.92 Å². The van der Waals surface area contributed by atoms with Crippen molar-refractivity contribution in [3.8, 4) is 0 Å². The van der Waals surface area contributed by atoms with Crippen LogP contribution in [0.1, 0.15) is 49.8 Å². The number of hydrogen-bond acceptors (Lipinski definition) is 2. The number of nitrogens with one attached hydrogen (secondary N) is 1. The summed E-state index contributed by atoms with van der Waals surface area (Å²) in [4.78, 5) is 0. The van der Waals surface area contributed by atoms with Gasteiger partial charge in [-0.2, -0.15) is 0 Å². The van der Waals surface area contributed by atoms with Gasteiger partial charge in [0.2, 0.25) is 0 Å². The molecule has 2 N–H and O–H groups in total. The van der Waals surface area contributed by atoms with E-state index in [1.165, 1.54) is 24.8 Å². The lowest BCUT2D eigenvalue weighted by Crippen LogP contribution is -2.38. The van der Waals surface area contributed by atoms with Crippen LogP contribution in [-0.4, -0.2) is 17.7 Å². The van der Waals surface area contributed by atoms with Gasteiger partial charge in [-0.15, -0.1) is 0 Å². The minimum Gasteiger partial charge on any atom is -0.388 e. The molecule has 0 spiro atoms. The summed E-state index contributed by atoms with van der Waals surface area (Å²) >= 11 is 0. The Hall–Kier alpha value is -0.860. The fourth-order valence-corrected chi connectivity index (χ4v) is 2.84. The molecule has 0 bridgehead atoms. The summed E-state index contributed by atoms with van der Waals surface area (Å²) in [6, 6.07) is 8.70. The van der Waals surface area contributed by atoms with Gasteiger partial charge in [-0.25, -0.2) is 0 Å². The number of aryl methyl sites for hydroxylation is 1. The molecule has 1 fully saturated rings. The van der Waals surface area contributed by atoms with Crippen LogP contribution in [0.2, 0.25) is 0 Å². The maximum atomic E-state index is 10.3. The second-order valence-electron chi connectivity index (χ2n) is 5.61. The molecule has 2 rings (SSSR count). The van der Waals surface area contributed by atoms with Crippen LogP contribution in [-0.2, 0) is 0 Å². The highest BCUT2D eigenvalue weighted by Gasteiger charge is 2.22. The fourth-order valence-electron chi connectivity index (χ4n) is 2.84. The summed E-state index contributed by atoms with van der Waals surface area (Å²) in [6.45, 7) is 5.44. The highest BCUT2D eigenvalue weighted by molar-refractivity contribution is 5.23. The lowest BCUT2D eigenvalue weighted by atomic mass is 9.87. The Kier molecular flexibility index (Phi) is 4.79. The largest absolute Gasteiger partial charge is 0.388 e. The van der Waals surface area contributed by atoms with Gasteiger partial charge in [0, 0.05) is 6.04 Å². The molecule has 2 nitrogen and oxygen atoms in total. The first-order valence-electron chi connectivity index (χ1n) is 7.17. The van der Waals surface area contributed by atoms with Gasteiger partial charge >= 0.3 is 0 Å². The van der Waals surface area contributed by atoms with E-state index in [4.69, 9.17) is 0 Å². The summed E-state index contributed by atoms with van der Waals surface area (Å²) in [6.07, 6.45) is 4.25. The highest BCUT2D eigenvalue weighted by atomic mass is 16.3. The van der Waals surface area contributed by atoms with Crippen LogP contribution in [0.3, 0.4) is 0 Å². The van der Waals surface area contributed by atoms with Crippen molar-refractivity contribution in [2.75, 3.05) is 6.54 Å².